The van der Waals surface area contributed by atoms with E-state index in [4.69, 9.17) is 4.74 Å². The highest BCUT2D eigenvalue weighted by molar-refractivity contribution is 5.95. The molecule has 16 heavy (non-hydrogen) atoms. The first-order valence-corrected chi connectivity index (χ1v) is 4.98. The van der Waals surface area contributed by atoms with Crippen molar-refractivity contribution in [1.82, 2.24) is 5.32 Å². The molecule has 0 amide bonds. The Morgan fingerprint density at radius 1 is 1.25 bits per heavy atom. The molecule has 1 aliphatic heterocycles. The van der Waals surface area contributed by atoms with Crippen LogP contribution in [0.5, 0.6) is 0 Å². The Labute approximate surface area is 94.1 Å². The van der Waals surface area contributed by atoms with E-state index in [9.17, 15) is 9.59 Å². The second kappa shape index (κ2) is 5.34. The van der Waals surface area contributed by atoms with Crippen LogP contribution in [0.3, 0.4) is 0 Å². The van der Waals surface area contributed by atoms with Crippen LogP contribution in [-0.4, -0.2) is 25.2 Å². The van der Waals surface area contributed by atoms with Gasteiger partial charge in [-0.2, -0.15) is 0 Å². The zero-order valence-electron chi connectivity index (χ0n) is 9.57. The van der Waals surface area contributed by atoms with E-state index in [1.165, 1.54) is 19.5 Å². The standard InChI is InChI=1S/C11H15NO4/c1-7(2)16-11(14)9-4-8(5-12-6-9)10(13)15-3/h5-7,12H,4H2,1-3H3. The van der Waals surface area contributed by atoms with Gasteiger partial charge in [-0.1, -0.05) is 0 Å². The van der Waals surface area contributed by atoms with Gasteiger partial charge in [0, 0.05) is 18.8 Å². The largest absolute Gasteiger partial charge is 0.466 e. The van der Waals surface area contributed by atoms with E-state index in [1.807, 2.05) is 0 Å². The minimum Gasteiger partial charge on any atom is -0.466 e. The first-order chi connectivity index (χ1) is 7.54. The highest BCUT2D eigenvalue weighted by atomic mass is 16.5. The van der Waals surface area contributed by atoms with Crippen LogP contribution in [0.15, 0.2) is 23.5 Å². The van der Waals surface area contributed by atoms with Crippen LogP contribution in [-0.2, 0) is 19.1 Å². The third kappa shape index (κ3) is 3.12. The molecule has 0 atom stereocenters. The number of rotatable bonds is 3. The lowest BCUT2D eigenvalue weighted by atomic mass is 10.1. The highest BCUT2D eigenvalue weighted by Gasteiger charge is 2.21. The summed E-state index contributed by atoms with van der Waals surface area (Å²) in [7, 11) is 1.30. The second-order valence-electron chi connectivity index (χ2n) is 3.63. The Bertz CT molecular complexity index is 355. The number of ether oxygens (including phenoxy) is 2. The molecule has 1 heterocycles. The maximum atomic E-state index is 11.6. The Balaban J connectivity index is 2.63. The molecule has 0 aromatic heterocycles. The van der Waals surface area contributed by atoms with Crippen molar-refractivity contribution in [2.24, 2.45) is 0 Å². The molecule has 0 spiro atoms. The van der Waals surface area contributed by atoms with Crippen LogP contribution in [0.2, 0.25) is 0 Å². The van der Waals surface area contributed by atoms with E-state index < -0.39 is 11.9 Å². The maximum absolute atomic E-state index is 11.6. The smallest absolute Gasteiger partial charge is 0.336 e. The van der Waals surface area contributed by atoms with Crippen LogP contribution < -0.4 is 5.32 Å². The highest BCUT2D eigenvalue weighted by Crippen LogP contribution is 2.16. The summed E-state index contributed by atoms with van der Waals surface area (Å²) in [6.07, 6.45) is 3.08. The summed E-state index contributed by atoms with van der Waals surface area (Å²) in [5.74, 6) is -0.868. The molecule has 0 radical (unpaired) electrons. The van der Waals surface area contributed by atoms with Gasteiger partial charge in [-0.3, -0.25) is 0 Å². The Kier molecular flexibility index (Phi) is 4.10. The molecule has 1 rings (SSSR count). The molecule has 0 saturated heterocycles. The minimum atomic E-state index is -0.449. The molecule has 0 unspecified atom stereocenters. The molecule has 0 saturated carbocycles. The first-order valence-electron chi connectivity index (χ1n) is 4.98. The van der Waals surface area contributed by atoms with Gasteiger partial charge in [0.15, 0.2) is 0 Å². The van der Waals surface area contributed by atoms with Gasteiger partial charge < -0.3 is 14.8 Å². The van der Waals surface area contributed by atoms with Crippen molar-refractivity contribution in [3.63, 3.8) is 0 Å². The minimum absolute atomic E-state index is 0.180. The lowest BCUT2D eigenvalue weighted by Gasteiger charge is -2.15. The van der Waals surface area contributed by atoms with Gasteiger partial charge in [0.1, 0.15) is 0 Å². The normalized spacial score (nSPS) is 14.8. The molecule has 5 nitrogen and oxygen atoms in total. The number of carbonyl (C=O) groups is 2. The van der Waals surface area contributed by atoms with Gasteiger partial charge in [0.25, 0.3) is 0 Å². The molecule has 0 aliphatic carbocycles. The second-order valence-corrected chi connectivity index (χ2v) is 3.63. The van der Waals surface area contributed by atoms with Gasteiger partial charge in [0.2, 0.25) is 0 Å². The van der Waals surface area contributed by atoms with Gasteiger partial charge in [-0.15, -0.1) is 0 Å². The predicted octanol–water partition coefficient (Wildman–Crippen LogP) is 0.872. The first kappa shape index (κ1) is 12.3. The molecule has 1 aliphatic rings. The third-order valence-corrected chi connectivity index (χ3v) is 1.95. The van der Waals surface area contributed by atoms with Crippen molar-refractivity contribution in [3.05, 3.63) is 23.5 Å². The van der Waals surface area contributed by atoms with Crippen LogP contribution >= 0.6 is 0 Å². The fraction of sp³-hybridized carbons (Fsp3) is 0.455. The number of hydrogen-bond acceptors (Lipinski definition) is 5. The number of hydrogen-bond donors (Lipinski definition) is 1. The van der Waals surface area contributed by atoms with E-state index in [0.717, 1.165) is 0 Å². The molecule has 88 valence electrons. The quantitative estimate of drug-likeness (QED) is 0.722. The zero-order chi connectivity index (χ0) is 12.1. The van der Waals surface area contributed by atoms with Crippen LogP contribution in [0.1, 0.15) is 20.3 Å². The SMILES string of the molecule is COC(=O)C1=CNC=C(C(=O)OC(C)C)C1. The van der Waals surface area contributed by atoms with Crippen molar-refractivity contribution in [1.29, 1.82) is 0 Å². The van der Waals surface area contributed by atoms with Crippen molar-refractivity contribution in [3.8, 4) is 0 Å². The number of nitrogens with one attached hydrogen (secondary N) is 1. The predicted molar refractivity (Wildman–Crippen MR) is 57.2 cm³/mol. The molecular formula is C11H15NO4. The van der Waals surface area contributed by atoms with E-state index in [0.29, 0.717) is 11.1 Å². The Morgan fingerprint density at radius 3 is 2.31 bits per heavy atom. The summed E-state index contributed by atoms with van der Waals surface area (Å²) in [6.45, 7) is 3.54. The van der Waals surface area contributed by atoms with E-state index in [1.54, 1.807) is 13.8 Å². The fourth-order valence-electron chi connectivity index (χ4n) is 1.23. The monoisotopic (exact) mass is 225 g/mol. The summed E-state index contributed by atoms with van der Waals surface area (Å²) >= 11 is 0. The van der Waals surface area contributed by atoms with Gasteiger partial charge >= 0.3 is 11.9 Å². The Morgan fingerprint density at radius 2 is 1.81 bits per heavy atom. The molecule has 1 N–H and O–H groups in total. The summed E-state index contributed by atoms with van der Waals surface area (Å²) in [5.41, 5.74) is 0.817. The lowest BCUT2D eigenvalue weighted by molar-refractivity contribution is -0.142. The van der Waals surface area contributed by atoms with Crippen LogP contribution in [0.4, 0.5) is 0 Å². The average molecular weight is 225 g/mol. The number of dihydropyridines is 1. The lowest BCUT2D eigenvalue weighted by Crippen LogP contribution is -2.21. The molecule has 0 aromatic rings. The molecular weight excluding hydrogens is 210 g/mol. The number of esters is 2. The van der Waals surface area contributed by atoms with Crippen molar-refractivity contribution in [2.75, 3.05) is 7.11 Å². The van der Waals surface area contributed by atoms with Gasteiger partial charge in [0.05, 0.1) is 24.4 Å². The number of methoxy groups -OCH3 is 1. The number of carbonyl (C=O) groups excluding carboxylic acids is 2. The maximum Gasteiger partial charge on any atom is 0.336 e. The molecule has 0 bridgehead atoms. The van der Waals surface area contributed by atoms with Crippen LogP contribution in [0.25, 0.3) is 0 Å². The summed E-state index contributed by atoms with van der Waals surface area (Å²) < 4.78 is 9.60. The van der Waals surface area contributed by atoms with E-state index in [-0.39, 0.29) is 12.5 Å². The fourth-order valence-corrected chi connectivity index (χ4v) is 1.23. The van der Waals surface area contributed by atoms with E-state index >= 15 is 0 Å². The molecule has 5 heteroatoms. The van der Waals surface area contributed by atoms with Crippen LogP contribution in [0, 0.1) is 0 Å². The topological polar surface area (TPSA) is 64.6 Å². The third-order valence-electron chi connectivity index (χ3n) is 1.95. The van der Waals surface area contributed by atoms with Crippen molar-refractivity contribution < 1.29 is 19.1 Å². The molecule has 0 fully saturated rings. The van der Waals surface area contributed by atoms with Gasteiger partial charge in [-0.25, -0.2) is 9.59 Å². The molecule has 0 aromatic carbocycles. The van der Waals surface area contributed by atoms with Crippen molar-refractivity contribution in [2.45, 2.75) is 26.4 Å². The van der Waals surface area contributed by atoms with Gasteiger partial charge in [-0.05, 0) is 13.8 Å². The summed E-state index contributed by atoms with van der Waals surface area (Å²) in [6, 6.07) is 0. The summed E-state index contributed by atoms with van der Waals surface area (Å²) in [5, 5.41) is 2.73. The zero-order valence-corrected chi connectivity index (χ0v) is 9.57. The van der Waals surface area contributed by atoms with E-state index in [2.05, 4.69) is 10.1 Å². The average Bonchev–Trinajstić information content (AvgIpc) is 2.27. The Hall–Kier alpha value is -1.78. The summed E-state index contributed by atoms with van der Waals surface area (Å²) in [4.78, 5) is 22.8. The van der Waals surface area contributed by atoms with Crippen molar-refractivity contribution >= 4 is 11.9 Å².